The zero-order valence-electron chi connectivity index (χ0n) is 10.3. The molecule has 1 aromatic heterocycles. The van der Waals surface area contributed by atoms with Crippen molar-refractivity contribution in [2.75, 3.05) is 7.05 Å². The molecule has 5 heteroatoms. The van der Waals surface area contributed by atoms with Crippen molar-refractivity contribution >= 4 is 21.8 Å². The van der Waals surface area contributed by atoms with Crippen LogP contribution in [0.25, 0.3) is 0 Å². The molecule has 0 N–H and O–H groups in total. The topological polar surface area (TPSA) is 33.2 Å². The van der Waals surface area contributed by atoms with E-state index < -0.39 is 5.95 Å². The minimum absolute atomic E-state index is 0.109. The molecule has 0 saturated carbocycles. The summed E-state index contributed by atoms with van der Waals surface area (Å²) in [5.74, 6) is -0.957. The Morgan fingerprint density at radius 1 is 1.32 bits per heavy atom. The second kappa shape index (κ2) is 5.93. The van der Waals surface area contributed by atoms with Gasteiger partial charge in [-0.3, -0.25) is 4.79 Å². The van der Waals surface area contributed by atoms with Gasteiger partial charge in [-0.1, -0.05) is 34.1 Å². The van der Waals surface area contributed by atoms with Gasteiger partial charge in [0.25, 0.3) is 5.91 Å². The van der Waals surface area contributed by atoms with Crippen molar-refractivity contribution in [3.63, 3.8) is 0 Å². The fraction of sp³-hybridized carbons (Fsp3) is 0.143. The number of carbonyl (C=O) groups is 1. The van der Waals surface area contributed by atoms with Gasteiger partial charge in [0, 0.05) is 18.1 Å². The van der Waals surface area contributed by atoms with Crippen molar-refractivity contribution in [2.24, 2.45) is 0 Å². The van der Waals surface area contributed by atoms with Gasteiger partial charge in [-0.25, -0.2) is 4.98 Å². The first kappa shape index (κ1) is 13.7. The first-order valence-corrected chi connectivity index (χ1v) is 6.48. The maximum absolute atomic E-state index is 13.0. The molecule has 0 spiro atoms. The minimum atomic E-state index is -0.651. The molecule has 0 saturated heterocycles. The molecule has 0 aliphatic carbocycles. The van der Waals surface area contributed by atoms with Crippen LogP contribution in [0.3, 0.4) is 0 Å². The van der Waals surface area contributed by atoms with E-state index in [0.717, 1.165) is 10.0 Å². The van der Waals surface area contributed by atoms with Crippen LogP contribution in [0, 0.1) is 5.95 Å². The van der Waals surface area contributed by atoms with Crippen LogP contribution in [-0.2, 0) is 6.54 Å². The average Bonchev–Trinajstić information content (AvgIpc) is 2.38. The van der Waals surface area contributed by atoms with E-state index in [4.69, 9.17) is 0 Å². The Labute approximate surface area is 119 Å². The molecule has 0 unspecified atom stereocenters. The summed E-state index contributed by atoms with van der Waals surface area (Å²) >= 11 is 3.38. The van der Waals surface area contributed by atoms with Gasteiger partial charge in [0.15, 0.2) is 0 Å². The van der Waals surface area contributed by atoms with Crippen LogP contribution in [-0.4, -0.2) is 22.8 Å². The predicted molar refractivity (Wildman–Crippen MR) is 74.1 cm³/mol. The number of pyridine rings is 1. The maximum atomic E-state index is 13.0. The second-order valence-electron chi connectivity index (χ2n) is 4.14. The molecule has 2 aromatic rings. The lowest BCUT2D eigenvalue weighted by atomic mass is 10.2. The van der Waals surface area contributed by atoms with E-state index in [1.165, 1.54) is 23.1 Å². The third-order valence-corrected chi connectivity index (χ3v) is 3.08. The van der Waals surface area contributed by atoms with Crippen molar-refractivity contribution in [1.29, 1.82) is 0 Å². The van der Waals surface area contributed by atoms with E-state index in [1.807, 2.05) is 24.3 Å². The highest BCUT2D eigenvalue weighted by molar-refractivity contribution is 9.10. The first-order valence-electron chi connectivity index (χ1n) is 5.69. The normalized spacial score (nSPS) is 10.3. The SMILES string of the molecule is CN(Cc1cccc(Br)c1)C(=O)c1cccc(F)n1. The van der Waals surface area contributed by atoms with Gasteiger partial charge in [-0.2, -0.15) is 4.39 Å². The van der Waals surface area contributed by atoms with Crippen LogP contribution < -0.4 is 0 Å². The molecule has 0 radical (unpaired) electrons. The van der Waals surface area contributed by atoms with Gasteiger partial charge in [-0.05, 0) is 29.8 Å². The lowest BCUT2D eigenvalue weighted by Crippen LogP contribution is -2.27. The zero-order chi connectivity index (χ0) is 13.8. The molecule has 98 valence electrons. The molecule has 2 rings (SSSR count). The molecule has 1 heterocycles. The third kappa shape index (κ3) is 3.61. The summed E-state index contributed by atoms with van der Waals surface area (Å²) in [4.78, 5) is 17.2. The largest absolute Gasteiger partial charge is 0.336 e. The highest BCUT2D eigenvalue weighted by Gasteiger charge is 2.14. The van der Waals surface area contributed by atoms with E-state index in [0.29, 0.717) is 6.54 Å². The summed E-state index contributed by atoms with van der Waals surface area (Å²) < 4.78 is 13.9. The Morgan fingerprint density at radius 2 is 2.05 bits per heavy atom. The molecule has 0 fully saturated rings. The maximum Gasteiger partial charge on any atom is 0.272 e. The average molecular weight is 323 g/mol. The van der Waals surface area contributed by atoms with Crippen LogP contribution in [0.1, 0.15) is 16.1 Å². The van der Waals surface area contributed by atoms with Gasteiger partial charge in [0.05, 0.1) is 0 Å². The Hall–Kier alpha value is -1.75. The molecule has 0 aliphatic heterocycles. The number of nitrogens with zero attached hydrogens (tertiary/aromatic N) is 2. The number of aromatic nitrogens is 1. The van der Waals surface area contributed by atoms with Crippen LogP contribution >= 0.6 is 15.9 Å². The molecular weight excluding hydrogens is 311 g/mol. The number of hydrogen-bond acceptors (Lipinski definition) is 2. The van der Waals surface area contributed by atoms with Crippen molar-refractivity contribution in [1.82, 2.24) is 9.88 Å². The zero-order valence-corrected chi connectivity index (χ0v) is 11.9. The van der Waals surface area contributed by atoms with Crippen LogP contribution in [0.2, 0.25) is 0 Å². The Balaban J connectivity index is 2.12. The van der Waals surface area contributed by atoms with E-state index in [1.54, 1.807) is 7.05 Å². The van der Waals surface area contributed by atoms with Crippen molar-refractivity contribution in [2.45, 2.75) is 6.54 Å². The Kier molecular flexibility index (Phi) is 4.27. The molecule has 19 heavy (non-hydrogen) atoms. The lowest BCUT2D eigenvalue weighted by molar-refractivity contribution is 0.0778. The van der Waals surface area contributed by atoms with Crippen LogP contribution in [0.15, 0.2) is 46.9 Å². The molecule has 0 atom stereocenters. The van der Waals surface area contributed by atoms with E-state index >= 15 is 0 Å². The van der Waals surface area contributed by atoms with Crippen LogP contribution in [0.5, 0.6) is 0 Å². The highest BCUT2D eigenvalue weighted by atomic mass is 79.9. The van der Waals surface area contributed by atoms with E-state index in [2.05, 4.69) is 20.9 Å². The van der Waals surface area contributed by atoms with Gasteiger partial charge in [0.1, 0.15) is 5.69 Å². The summed E-state index contributed by atoms with van der Waals surface area (Å²) in [5, 5.41) is 0. The molecular formula is C14H12BrFN2O. The fourth-order valence-corrected chi connectivity index (χ4v) is 2.15. The van der Waals surface area contributed by atoms with E-state index in [-0.39, 0.29) is 11.6 Å². The lowest BCUT2D eigenvalue weighted by Gasteiger charge is -2.16. The van der Waals surface area contributed by atoms with Gasteiger partial charge in [0.2, 0.25) is 5.95 Å². The molecule has 3 nitrogen and oxygen atoms in total. The highest BCUT2D eigenvalue weighted by Crippen LogP contribution is 2.14. The smallest absolute Gasteiger partial charge is 0.272 e. The monoisotopic (exact) mass is 322 g/mol. The number of amides is 1. The molecule has 1 amide bonds. The molecule has 0 aliphatic rings. The van der Waals surface area contributed by atoms with Gasteiger partial charge < -0.3 is 4.90 Å². The predicted octanol–water partition coefficient (Wildman–Crippen LogP) is 3.26. The number of benzene rings is 1. The standard InChI is InChI=1S/C14H12BrFN2O/c1-18(9-10-4-2-5-11(15)8-10)14(19)12-6-3-7-13(16)17-12/h2-8H,9H2,1H3. The number of carbonyl (C=O) groups excluding carboxylic acids is 1. The fourth-order valence-electron chi connectivity index (χ4n) is 1.70. The summed E-state index contributed by atoms with van der Waals surface area (Å²) in [6, 6.07) is 11.9. The summed E-state index contributed by atoms with van der Waals surface area (Å²) in [5.41, 5.74) is 1.10. The first-order chi connectivity index (χ1) is 9.06. The molecule has 1 aromatic carbocycles. The van der Waals surface area contributed by atoms with Crippen molar-refractivity contribution < 1.29 is 9.18 Å². The van der Waals surface area contributed by atoms with Crippen LogP contribution in [0.4, 0.5) is 4.39 Å². The van der Waals surface area contributed by atoms with Gasteiger partial charge >= 0.3 is 0 Å². The summed E-state index contributed by atoms with van der Waals surface area (Å²) in [6.07, 6.45) is 0. The third-order valence-electron chi connectivity index (χ3n) is 2.59. The van der Waals surface area contributed by atoms with Crippen molar-refractivity contribution in [3.05, 3.63) is 64.1 Å². The quantitative estimate of drug-likeness (QED) is 0.813. The minimum Gasteiger partial charge on any atom is -0.336 e. The Bertz CT molecular complexity index is 604. The number of hydrogen-bond donors (Lipinski definition) is 0. The number of rotatable bonds is 3. The summed E-state index contributed by atoms with van der Waals surface area (Å²) in [7, 11) is 1.66. The number of halogens is 2. The van der Waals surface area contributed by atoms with Crippen molar-refractivity contribution in [3.8, 4) is 0 Å². The van der Waals surface area contributed by atoms with Gasteiger partial charge in [-0.15, -0.1) is 0 Å². The Morgan fingerprint density at radius 3 is 2.74 bits per heavy atom. The summed E-state index contributed by atoms with van der Waals surface area (Å²) in [6.45, 7) is 0.441. The van der Waals surface area contributed by atoms with E-state index in [9.17, 15) is 9.18 Å². The second-order valence-corrected chi connectivity index (χ2v) is 5.05. The molecule has 0 bridgehead atoms.